The molecule has 2 aliphatic rings. The molecule has 0 N–H and O–H groups in total. The van der Waals surface area contributed by atoms with E-state index in [1.807, 2.05) is 25.7 Å². The Morgan fingerprint density at radius 2 is 1.60 bits per heavy atom. The number of carbonyl (C=O) groups is 1. The van der Waals surface area contributed by atoms with Gasteiger partial charge in [0.05, 0.1) is 6.20 Å². The number of oxazole rings is 1. The van der Waals surface area contributed by atoms with Gasteiger partial charge in [0.2, 0.25) is 5.89 Å². The molecule has 162 valence electrons. The van der Waals surface area contributed by atoms with Gasteiger partial charge in [-0.2, -0.15) is 0 Å². The molecule has 0 atom stereocenters. The Morgan fingerprint density at radius 1 is 1.00 bits per heavy atom. The van der Waals surface area contributed by atoms with Crippen LogP contribution >= 0.6 is 0 Å². The molecule has 2 aromatic rings. The number of carbonyl (C=O) groups excluding carboxylic acids is 1. The van der Waals surface area contributed by atoms with E-state index < -0.39 is 5.60 Å². The maximum absolute atomic E-state index is 12.3. The van der Waals surface area contributed by atoms with Gasteiger partial charge in [-0.25, -0.2) is 9.78 Å². The molecule has 1 aromatic carbocycles. The molecule has 0 aliphatic carbocycles. The van der Waals surface area contributed by atoms with Gasteiger partial charge in [0, 0.05) is 37.4 Å². The van der Waals surface area contributed by atoms with Gasteiger partial charge < -0.3 is 19.0 Å². The van der Waals surface area contributed by atoms with E-state index in [0.29, 0.717) is 5.89 Å². The fourth-order valence-corrected chi connectivity index (χ4v) is 4.69. The summed E-state index contributed by atoms with van der Waals surface area (Å²) < 4.78 is 10.9. The molecule has 0 bridgehead atoms. The summed E-state index contributed by atoms with van der Waals surface area (Å²) in [6, 6.07) is 8.50. The van der Waals surface area contributed by atoms with Gasteiger partial charge in [0.25, 0.3) is 0 Å². The summed E-state index contributed by atoms with van der Waals surface area (Å²) in [6.45, 7) is 9.60. The predicted molar refractivity (Wildman–Crippen MR) is 117 cm³/mol. The van der Waals surface area contributed by atoms with Crippen molar-refractivity contribution in [3.63, 3.8) is 0 Å². The molecule has 0 saturated carbocycles. The summed E-state index contributed by atoms with van der Waals surface area (Å²) in [6.07, 6.45) is 7.74. The van der Waals surface area contributed by atoms with Gasteiger partial charge in [-0.3, -0.25) is 0 Å². The molecule has 4 rings (SSSR count). The van der Waals surface area contributed by atoms with Crippen molar-refractivity contribution in [2.75, 3.05) is 31.1 Å². The fourth-order valence-electron chi connectivity index (χ4n) is 4.69. The molecule has 3 heterocycles. The number of benzene rings is 1. The summed E-state index contributed by atoms with van der Waals surface area (Å²) in [5.74, 6) is 2.14. The molecule has 1 amide bonds. The van der Waals surface area contributed by atoms with E-state index in [9.17, 15) is 4.79 Å². The normalized spacial score (nSPS) is 19.2. The lowest BCUT2D eigenvalue weighted by Gasteiger charge is -2.41. The number of ether oxygens (including phenoxy) is 1. The first-order valence-electron chi connectivity index (χ1n) is 11.1. The monoisotopic (exact) mass is 411 g/mol. The Hall–Kier alpha value is -2.50. The van der Waals surface area contributed by atoms with Gasteiger partial charge >= 0.3 is 6.09 Å². The van der Waals surface area contributed by atoms with Crippen molar-refractivity contribution >= 4 is 11.8 Å². The lowest BCUT2D eigenvalue weighted by atomic mass is 9.79. The van der Waals surface area contributed by atoms with Crippen LogP contribution < -0.4 is 4.90 Å². The van der Waals surface area contributed by atoms with E-state index in [4.69, 9.17) is 9.15 Å². The average Bonchev–Trinajstić information content (AvgIpc) is 3.28. The number of rotatable bonds is 3. The quantitative estimate of drug-likeness (QED) is 0.694. The lowest BCUT2D eigenvalue weighted by Crippen LogP contribution is -2.44. The van der Waals surface area contributed by atoms with Crippen molar-refractivity contribution in [2.24, 2.45) is 11.8 Å². The van der Waals surface area contributed by atoms with Crippen molar-refractivity contribution < 1.29 is 13.9 Å². The zero-order chi connectivity index (χ0) is 21.1. The molecule has 0 spiro atoms. The van der Waals surface area contributed by atoms with Crippen LogP contribution in [0.2, 0.25) is 0 Å². The van der Waals surface area contributed by atoms with Crippen LogP contribution in [0.4, 0.5) is 10.5 Å². The van der Waals surface area contributed by atoms with Crippen LogP contribution in [0.25, 0.3) is 11.5 Å². The zero-order valence-corrected chi connectivity index (χ0v) is 18.3. The van der Waals surface area contributed by atoms with Gasteiger partial charge in [0.1, 0.15) is 11.9 Å². The second kappa shape index (κ2) is 8.70. The molecular weight excluding hydrogens is 378 g/mol. The molecule has 0 radical (unpaired) electrons. The summed E-state index contributed by atoms with van der Waals surface area (Å²) >= 11 is 0. The van der Waals surface area contributed by atoms with E-state index in [1.165, 1.54) is 18.5 Å². The summed E-state index contributed by atoms with van der Waals surface area (Å²) in [5, 5.41) is 0. The minimum absolute atomic E-state index is 0.163. The molecule has 30 heavy (non-hydrogen) atoms. The average molecular weight is 412 g/mol. The zero-order valence-electron chi connectivity index (χ0n) is 18.3. The van der Waals surface area contributed by atoms with Crippen molar-refractivity contribution in [3.05, 3.63) is 36.7 Å². The third kappa shape index (κ3) is 4.97. The van der Waals surface area contributed by atoms with Crippen LogP contribution in [0, 0.1) is 11.8 Å². The number of likely N-dealkylation sites (tertiary alicyclic amines) is 1. The molecule has 6 heteroatoms. The number of piperidine rings is 2. The highest BCUT2D eigenvalue weighted by Gasteiger charge is 2.32. The van der Waals surface area contributed by atoms with E-state index >= 15 is 0 Å². The van der Waals surface area contributed by atoms with Crippen LogP contribution in [0.5, 0.6) is 0 Å². The predicted octanol–water partition coefficient (Wildman–Crippen LogP) is 5.21. The van der Waals surface area contributed by atoms with Crippen LogP contribution in [-0.4, -0.2) is 47.8 Å². The summed E-state index contributed by atoms with van der Waals surface area (Å²) in [4.78, 5) is 20.9. The number of hydrogen-bond donors (Lipinski definition) is 0. The molecule has 0 unspecified atom stereocenters. The van der Waals surface area contributed by atoms with E-state index in [2.05, 4.69) is 34.1 Å². The van der Waals surface area contributed by atoms with Gasteiger partial charge in [0.15, 0.2) is 0 Å². The Morgan fingerprint density at radius 3 is 2.13 bits per heavy atom. The van der Waals surface area contributed by atoms with Crippen molar-refractivity contribution in [1.29, 1.82) is 0 Å². The van der Waals surface area contributed by atoms with Gasteiger partial charge in [-0.15, -0.1) is 0 Å². The smallest absolute Gasteiger partial charge is 0.410 e. The SMILES string of the molecule is CC(C)(C)OC(=O)N1CCC(C2CCN(c3ccc(-c4ncco4)cc3)CC2)CC1. The van der Waals surface area contributed by atoms with Crippen molar-refractivity contribution in [1.82, 2.24) is 9.88 Å². The molecule has 2 fully saturated rings. The number of amides is 1. The van der Waals surface area contributed by atoms with Crippen molar-refractivity contribution in [2.45, 2.75) is 52.1 Å². The molecule has 1 aromatic heterocycles. The Labute approximate surface area is 179 Å². The Bertz CT molecular complexity index is 810. The standard InChI is InChI=1S/C24H33N3O3/c1-24(2,3)30-23(28)27-15-10-19(11-16-27)18-8-13-26(14-9-18)21-6-4-20(5-7-21)22-25-12-17-29-22/h4-7,12,17-19H,8-11,13-16H2,1-3H3. The molecule has 6 nitrogen and oxygen atoms in total. The topological polar surface area (TPSA) is 58.8 Å². The first-order chi connectivity index (χ1) is 14.4. The number of nitrogens with zero attached hydrogens (tertiary/aromatic N) is 3. The van der Waals surface area contributed by atoms with Crippen LogP contribution in [0.3, 0.4) is 0 Å². The van der Waals surface area contributed by atoms with Gasteiger partial charge in [-0.1, -0.05) is 0 Å². The van der Waals surface area contributed by atoms with Gasteiger partial charge in [-0.05, 0) is 82.6 Å². The largest absolute Gasteiger partial charge is 0.445 e. The highest BCUT2D eigenvalue weighted by Crippen LogP contribution is 2.34. The summed E-state index contributed by atoms with van der Waals surface area (Å²) in [5.41, 5.74) is 1.85. The second-order valence-corrected chi connectivity index (χ2v) is 9.51. The Kier molecular flexibility index (Phi) is 6.02. The fraction of sp³-hybridized carbons (Fsp3) is 0.583. The maximum atomic E-state index is 12.3. The highest BCUT2D eigenvalue weighted by molar-refractivity contribution is 5.68. The van der Waals surface area contributed by atoms with Crippen LogP contribution in [-0.2, 0) is 4.74 Å². The third-order valence-corrected chi connectivity index (χ3v) is 6.31. The lowest BCUT2D eigenvalue weighted by molar-refractivity contribution is 0.0152. The minimum Gasteiger partial charge on any atom is -0.445 e. The van der Waals surface area contributed by atoms with E-state index in [0.717, 1.165) is 56.4 Å². The first-order valence-corrected chi connectivity index (χ1v) is 11.1. The van der Waals surface area contributed by atoms with Crippen molar-refractivity contribution in [3.8, 4) is 11.5 Å². The minimum atomic E-state index is -0.423. The highest BCUT2D eigenvalue weighted by atomic mass is 16.6. The number of aromatic nitrogens is 1. The molecule has 2 saturated heterocycles. The maximum Gasteiger partial charge on any atom is 0.410 e. The summed E-state index contributed by atoms with van der Waals surface area (Å²) in [7, 11) is 0. The molecule has 2 aliphatic heterocycles. The number of anilines is 1. The molecular formula is C24H33N3O3. The van der Waals surface area contributed by atoms with Crippen LogP contribution in [0.15, 0.2) is 41.1 Å². The Balaban J connectivity index is 1.25. The first kappa shape index (κ1) is 20.8. The van der Waals surface area contributed by atoms with Crippen LogP contribution in [0.1, 0.15) is 46.5 Å². The third-order valence-electron chi connectivity index (χ3n) is 6.31. The van der Waals surface area contributed by atoms with E-state index in [1.54, 1.807) is 12.5 Å². The van der Waals surface area contributed by atoms with E-state index in [-0.39, 0.29) is 6.09 Å². The number of hydrogen-bond acceptors (Lipinski definition) is 5. The second-order valence-electron chi connectivity index (χ2n) is 9.51.